The molecule has 50 heavy (non-hydrogen) atoms. The number of amidine groups is 1. The van der Waals surface area contributed by atoms with E-state index in [2.05, 4.69) is 30.8 Å². The van der Waals surface area contributed by atoms with Crippen LogP contribution in [0.3, 0.4) is 0 Å². The van der Waals surface area contributed by atoms with Crippen LogP contribution in [0.4, 0.5) is 11.4 Å². The number of tetrazole rings is 1. The molecule has 1 aromatic heterocycles. The summed E-state index contributed by atoms with van der Waals surface area (Å²) in [5.41, 5.74) is 7.86. The third-order valence-corrected chi connectivity index (χ3v) is 11.4. The Morgan fingerprint density at radius 2 is 1.28 bits per heavy atom. The van der Waals surface area contributed by atoms with Crippen LogP contribution in [0.25, 0.3) is 10.8 Å². The highest BCUT2D eigenvalue weighted by Gasteiger charge is 2.33. The lowest BCUT2D eigenvalue weighted by Gasteiger charge is -2.29. The van der Waals surface area contributed by atoms with E-state index in [4.69, 9.17) is 30.3 Å². The van der Waals surface area contributed by atoms with Gasteiger partial charge in [-0.2, -0.15) is 10.3 Å². The Morgan fingerprint density at radius 3 is 1.78 bits per heavy atom. The van der Waals surface area contributed by atoms with Crippen LogP contribution in [0.2, 0.25) is 0 Å². The molecule has 4 N–H and O–H groups in total. The summed E-state index contributed by atoms with van der Waals surface area (Å²) in [4.78, 5) is -0.238. The summed E-state index contributed by atoms with van der Waals surface area (Å²) in [5.74, 6) is 6.58. The number of hydrogen-bond acceptors (Lipinski definition) is 14. The summed E-state index contributed by atoms with van der Waals surface area (Å²) in [7, 11) is -8.77. The Balaban J connectivity index is 1.39. The smallest absolute Gasteiger partial charge is 0.264 e. The zero-order chi connectivity index (χ0) is 34.9. The largest absolute Gasteiger partial charge is 0.486 e. The van der Waals surface area contributed by atoms with Crippen LogP contribution in [0.1, 0.15) is 5.82 Å². The maximum Gasteiger partial charge on any atom is 0.264 e. The predicted molar refractivity (Wildman–Crippen MR) is 178 cm³/mol. The van der Waals surface area contributed by atoms with Gasteiger partial charge < -0.3 is 24.8 Å². The first kappa shape index (κ1) is 32.5. The van der Waals surface area contributed by atoms with Crippen LogP contribution in [0, 0.1) is 5.53 Å². The van der Waals surface area contributed by atoms with E-state index in [0.717, 1.165) is 8.61 Å². The fourth-order valence-electron chi connectivity index (χ4n) is 5.54. The Labute approximate surface area is 285 Å². The maximum absolute atomic E-state index is 14.4. The van der Waals surface area contributed by atoms with Crippen molar-refractivity contribution in [2.75, 3.05) is 41.6 Å². The molecule has 18 nitrogen and oxygen atoms in total. The van der Waals surface area contributed by atoms with E-state index < -0.39 is 26.6 Å². The van der Waals surface area contributed by atoms with Crippen molar-refractivity contribution >= 4 is 48.0 Å². The minimum absolute atomic E-state index is 0.0722. The zero-order valence-electron chi connectivity index (χ0n) is 26.0. The number of hydrazone groups is 1. The lowest BCUT2D eigenvalue weighted by Crippen LogP contribution is -2.36. The van der Waals surface area contributed by atoms with Crippen molar-refractivity contribution in [2.24, 2.45) is 16.1 Å². The van der Waals surface area contributed by atoms with Crippen LogP contribution >= 0.6 is 0 Å². The first-order chi connectivity index (χ1) is 24.2. The van der Waals surface area contributed by atoms with E-state index >= 15 is 0 Å². The third-order valence-electron chi connectivity index (χ3n) is 7.86. The van der Waals surface area contributed by atoms with Crippen LogP contribution in [-0.2, 0) is 26.6 Å². The number of aromatic nitrogens is 4. The van der Waals surface area contributed by atoms with Gasteiger partial charge in [-0.3, -0.25) is 8.61 Å². The SMILES string of the molecule is N=NC(CN(c1ccc(N(Cc2nn[nH]n2)S(=O)(=O)c2ccc3c(c2)OCCO3)c2ccccc12)S(=O)(=O)c1ccc2c(c1)OCCO2)=NN. The molecule has 20 heteroatoms. The third kappa shape index (κ3) is 5.94. The van der Waals surface area contributed by atoms with Crippen molar-refractivity contribution in [3.8, 4) is 23.0 Å². The van der Waals surface area contributed by atoms with Gasteiger partial charge in [0.15, 0.2) is 34.7 Å². The molecular weight excluding hydrogens is 693 g/mol. The van der Waals surface area contributed by atoms with Crippen molar-refractivity contribution < 1.29 is 35.8 Å². The molecule has 258 valence electrons. The highest BCUT2D eigenvalue weighted by molar-refractivity contribution is 7.93. The quantitative estimate of drug-likeness (QED) is 0.0620. The Kier molecular flexibility index (Phi) is 8.53. The molecule has 0 fully saturated rings. The monoisotopic (exact) mass is 720 g/mol. The van der Waals surface area contributed by atoms with E-state index in [1.165, 1.54) is 48.5 Å². The summed E-state index contributed by atoms with van der Waals surface area (Å²) in [5, 5.41) is 21.4. The average molecular weight is 721 g/mol. The van der Waals surface area contributed by atoms with Crippen molar-refractivity contribution in [1.29, 1.82) is 5.53 Å². The molecule has 0 amide bonds. The summed E-state index contributed by atoms with van der Waals surface area (Å²) >= 11 is 0. The lowest BCUT2D eigenvalue weighted by atomic mass is 10.1. The second kappa shape index (κ2) is 13.1. The van der Waals surface area contributed by atoms with Gasteiger partial charge in [0.05, 0.1) is 34.3 Å². The predicted octanol–water partition coefficient (Wildman–Crippen LogP) is 2.79. The molecule has 3 heterocycles. The van der Waals surface area contributed by atoms with Gasteiger partial charge in [-0.1, -0.05) is 29.5 Å². The maximum atomic E-state index is 14.4. The van der Waals surface area contributed by atoms with E-state index in [1.54, 1.807) is 24.3 Å². The van der Waals surface area contributed by atoms with E-state index in [9.17, 15) is 16.8 Å². The van der Waals surface area contributed by atoms with Crippen molar-refractivity contribution in [3.05, 3.63) is 78.6 Å². The molecular formula is C30H28N10O8S2. The molecule has 0 bridgehead atoms. The van der Waals surface area contributed by atoms with Crippen LogP contribution in [0.5, 0.6) is 23.0 Å². The number of anilines is 2. The van der Waals surface area contributed by atoms with Gasteiger partial charge >= 0.3 is 0 Å². The Morgan fingerprint density at radius 1 is 0.760 bits per heavy atom. The molecule has 0 radical (unpaired) electrons. The van der Waals surface area contributed by atoms with E-state index in [-0.39, 0.29) is 64.1 Å². The highest BCUT2D eigenvalue weighted by Crippen LogP contribution is 2.41. The number of rotatable bonds is 10. The molecule has 0 saturated heterocycles. The summed E-state index contributed by atoms with van der Waals surface area (Å²) < 4.78 is 82.2. The van der Waals surface area contributed by atoms with Crippen molar-refractivity contribution in [1.82, 2.24) is 20.6 Å². The summed E-state index contributed by atoms with van der Waals surface area (Å²) in [6.45, 7) is 0.282. The molecule has 7 rings (SSSR count). The van der Waals surface area contributed by atoms with Gasteiger partial charge in [0.1, 0.15) is 26.4 Å². The molecule has 0 spiro atoms. The Hall–Kier alpha value is -6.02. The molecule has 0 unspecified atom stereocenters. The summed E-state index contributed by atoms with van der Waals surface area (Å²) in [6, 6.07) is 18.1. The normalized spacial score (nSPS) is 14.3. The molecule has 0 atom stereocenters. The number of nitrogens with two attached hydrogens (primary N) is 1. The minimum Gasteiger partial charge on any atom is -0.486 e. The van der Waals surface area contributed by atoms with Crippen LogP contribution < -0.4 is 33.4 Å². The second-order valence-electron chi connectivity index (χ2n) is 10.8. The number of benzene rings is 4. The minimum atomic E-state index is -4.42. The fourth-order valence-corrected chi connectivity index (χ4v) is 8.44. The number of ether oxygens (including phenoxy) is 4. The Bertz CT molecular complexity index is 2340. The number of nitrogens with one attached hydrogen (secondary N) is 2. The van der Waals surface area contributed by atoms with Gasteiger partial charge in [0, 0.05) is 22.9 Å². The molecule has 0 aliphatic carbocycles. The van der Waals surface area contributed by atoms with Crippen molar-refractivity contribution in [3.63, 3.8) is 0 Å². The second-order valence-corrected chi connectivity index (χ2v) is 14.5. The van der Waals surface area contributed by atoms with Crippen LogP contribution in [-0.4, -0.2) is 76.3 Å². The number of nitrogens with zero attached hydrogens (tertiary/aromatic N) is 7. The van der Waals surface area contributed by atoms with Crippen molar-refractivity contribution in [2.45, 2.75) is 16.3 Å². The van der Waals surface area contributed by atoms with Crippen LogP contribution in [0.15, 0.2) is 92.8 Å². The number of fused-ring (bicyclic) bond motifs is 3. The van der Waals surface area contributed by atoms with Gasteiger partial charge in [0.2, 0.25) is 0 Å². The average Bonchev–Trinajstić information content (AvgIpc) is 3.67. The number of hydrogen-bond donors (Lipinski definition) is 3. The van der Waals surface area contributed by atoms with Gasteiger partial charge in [-0.25, -0.2) is 22.4 Å². The first-order valence-corrected chi connectivity index (χ1v) is 17.8. The van der Waals surface area contributed by atoms with E-state index in [0.29, 0.717) is 35.5 Å². The topological polar surface area (TPSA) is 241 Å². The van der Waals surface area contributed by atoms with Gasteiger partial charge in [-0.15, -0.1) is 15.3 Å². The van der Waals surface area contributed by atoms with Gasteiger partial charge in [-0.05, 0) is 36.4 Å². The molecule has 4 aromatic carbocycles. The first-order valence-electron chi connectivity index (χ1n) is 14.9. The van der Waals surface area contributed by atoms with Gasteiger partial charge in [0.25, 0.3) is 20.0 Å². The summed E-state index contributed by atoms with van der Waals surface area (Å²) in [6.07, 6.45) is 0. The standard InChI is InChI=1S/C30H28N10O8S2/c31-33-29(34-32)17-39(49(41,42)19-5-9-25-27(15-19)47-13-11-45-25)23-7-8-24(22-4-2-1-3-21(22)23)40(18-30-35-37-38-36-30)50(43,44)20-6-10-26-28(16-20)48-14-12-46-26/h1-10,15-16,31H,11-14,17-18,32H2,(H,35,36,37,38). The number of aromatic amines is 1. The van der Waals surface area contributed by atoms with E-state index in [1.807, 2.05) is 0 Å². The molecule has 5 aromatic rings. The molecule has 2 aliphatic rings. The highest BCUT2D eigenvalue weighted by atomic mass is 32.2. The molecule has 0 saturated carbocycles. The molecule has 2 aliphatic heterocycles. The fraction of sp³-hybridized carbons (Fsp3) is 0.200. The number of H-pyrrole nitrogens is 1. The zero-order valence-corrected chi connectivity index (χ0v) is 27.6. The number of sulfonamides is 2. The lowest BCUT2D eigenvalue weighted by molar-refractivity contribution is 0.171.